The van der Waals surface area contributed by atoms with E-state index in [9.17, 15) is 0 Å². The number of fused-ring (bicyclic) bond motifs is 1. The van der Waals surface area contributed by atoms with Gasteiger partial charge in [0, 0.05) is 13.1 Å². The number of nitrogens with one attached hydrogen (secondary N) is 1. The number of nitrogens with zero attached hydrogens (tertiary/aromatic N) is 3. The molecule has 1 saturated carbocycles. The van der Waals surface area contributed by atoms with Crippen molar-refractivity contribution in [3.8, 4) is 0 Å². The highest BCUT2D eigenvalue weighted by Gasteiger charge is 2.27. The fourth-order valence-corrected chi connectivity index (χ4v) is 2.34. The summed E-state index contributed by atoms with van der Waals surface area (Å²) in [7, 11) is 1.97. The van der Waals surface area contributed by atoms with Crippen LogP contribution in [-0.2, 0) is 7.05 Å². The normalized spacial score (nSPS) is 16.7. The van der Waals surface area contributed by atoms with E-state index in [-0.39, 0.29) is 0 Å². The van der Waals surface area contributed by atoms with E-state index in [1.807, 2.05) is 18.7 Å². The molecule has 0 atom stereocenters. The third kappa shape index (κ3) is 0.930. The van der Waals surface area contributed by atoms with Gasteiger partial charge in [-0.3, -0.25) is 9.25 Å². The molecule has 0 aromatic carbocycles. The Bertz CT molecular complexity index is 555. The van der Waals surface area contributed by atoms with Crippen LogP contribution in [0.2, 0.25) is 0 Å². The first kappa shape index (κ1) is 8.23. The molecule has 0 spiro atoms. The molecule has 0 bridgehead atoms. The maximum Gasteiger partial charge on any atom is 0.179 e. The second kappa shape index (κ2) is 2.48. The maximum absolute atomic E-state index is 5.31. The van der Waals surface area contributed by atoms with Crippen molar-refractivity contribution in [2.75, 3.05) is 0 Å². The predicted molar refractivity (Wildman–Crippen MR) is 56.9 cm³/mol. The molecule has 74 valence electrons. The van der Waals surface area contributed by atoms with Crippen LogP contribution in [0.1, 0.15) is 24.6 Å². The van der Waals surface area contributed by atoms with Crippen LogP contribution in [0, 0.1) is 11.7 Å². The summed E-state index contributed by atoms with van der Waals surface area (Å²) in [5, 5.41) is 4.38. The molecule has 1 N–H and O–H groups in total. The number of aryl methyl sites for hydroxylation is 2. The largest absolute Gasteiger partial charge is 0.328 e. The highest BCUT2D eigenvalue weighted by atomic mass is 32.1. The Morgan fingerprint density at radius 3 is 2.86 bits per heavy atom. The van der Waals surface area contributed by atoms with Crippen LogP contribution in [0.25, 0.3) is 11.2 Å². The number of H-pyrrole nitrogens is 1. The number of aromatic amines is 1. The van der Waals surface area contributed by atoms with E-state index in [1.165, 1.54) is 12.8 Å². The summed E-state index contributed by atoms with van der Waals surface area (Å²) in [6, 6.07) is 0.603. The molecule has 0 aliphatic heterocycles. The Kier molecular flexibility index (Phi) is 1.45. The summed E-state index contributed by atoms with van der Waals surface area (Å²) in [5.74, 6) is 0. The van der Waals surface area contributed by atoms with Crippen LogP contribution < -0.4 is 0 Å². The van der Waals surface area contributed by atoms with Crippen molar-refractivity contribution in [3.05, 3.63) is 10.5 Å². The predicted octanol–water partition coefficient (Wildman–Crippen LogP) is 2.08. The Labute approximate surface area is 86.5 Å². The first-order valence-electron chi connectivity index (χ1n) is 4.82. The van der Waals surface area contributed by atoms with Crippen molar-refractivity contribution >= 4 is 23.4 Å². The lowest BCUT2D eigenvalue weighted by atomic mass is 10.4. The summed E-state index contributed by atoms with van der Waals surface area (Å²) in [6.07, 6.45) is 2.48. The second-order valence-corrected chi connectivity index (χ2v) is 4.33. The summed E-state index contributed by atoms with van der Waals surface area (Å²) in [5.41, 5.74) is 3.24. The number of imidazole rings is 1. The minimum atomic E-state index is 0.603. The highest BCUT2D eigenvalue weighted by molar-refractivity contribution is 7.71. The molecule has 2 aromatic rings. The Morgan fingerprint density at radius 1 is 1.50 bits per heavy atom. The molecule has 1 aliphatic rings. The number of aromatic nitrogens is 4. The number of rotatable bonds is 1. The van der Waals surface area contributed by atoms with Crippen molar-refractivity contribution < 1.29 is 0 Å². The van der Waals surface area contributed by atoms with E-state index in [0.717, 1.165) is 21.6 Å². The van der Waals surface area contributed by atoms with E-state index in [1.54, 1.807) is 0 Å². The molecule has 1 aliphatic carbocycles. The molecule has 2 heterocycles. The van der Waals surface area contributed by atoms with E-state index in [2.05, 4.69) is 14.6 Å². The van der Waals surface area contributed by atoms with Crippen molar-refractivity contribution in [1.82, 2.24) is 19.3 Å². The maximum atomic E-state index is 5.31. The molecule has 4 nitrogen and oxygen atoms in total. The average Bonchev–Trinajstić information content (AvgIpc) is 2.83. The molecule has 5 heteroatoms. The van der Waals surface area contributed by atoms with Crippen LogP contribution in [0.15, 0.2) is 0 Å². The van der Waals surface area contributed by atoms with Gasteiger partial charge in [-0.1, -0.05) is 0 Å². The van der Waals surface area contributed by atoms with Gasteiger partial charge in [0.05, 0.1) is 5.69 Å². The zero-order valence-corrected chi connectivity index (χ0v) is 9.06. The van der Waals surface area contributed by atoms with Gasteiger partial charge in [0.25, 0.3) is 0 Å². The quantitative estimate of drug-likeness (QED) is 0.729. The van der Waals surface area contributed by atoms with Crippen LogP contribution in [0.5, 0.6) is 0 Å². The summed E-state index contributed by atoms with van der Waals surface area (Å²) < 4.78 is 4.94. The van der Waals surface area contributed by atoms with Gasteiger partial charge in [0.1, 0.15) is 5.52 Å². The summed E-state index contributed by atoms with van der Waals surface area (Å²) in [6.45, 7) is 2.00. The van der Waals surface area contributed by atoms with Crippen molar-refractivity contribution in [1.29, 1.82) is 0 Å². The Balaban J connectivity index is 2.45. The molecule has 0 unspecified atom stereocenters. The van der Waals surface area contributed by atoms with Crippen LogP contribution in [0.3, 0.4) is 0 Å². The lowest BCUT2D eigenvalue weighted by Gasteiger charge is -2.00. The fraction of sp³-hybridized carbons (Fsp3) is 0.556. The topological polar surface area (TPSA) is 38.5 Å². The standard InChI is InChI=1S/C9H12N4S/c1-5-7-8(12(2)11-5)13(6-3-4-6)9(14)10-7/h6H,3-4H2,1-2H3,(H,10,14). The van der Waals surface area contributed by atoms with Crippen LogP contribution >= 0.6 is 12.2 Å². The van der Waals surface area contributed by atoms with Gasteiger partial charge in [0.2, 0.25) is 0 Å². The fourth-order valence-electron chi connectivity index (χ4n) is 2.00. The first-order valence-corrected chi connectivity index (χ1v) is 5.23. The van der Waals surface area contributed by atoms with E-state index < -0.39 is 0 Å². The molecule has 0 saturated heterocycles. The van der Waals surface area contributed by atoms with Gasteiger partial charge in [-0.25, -0.2) is 0 Å². The van der Waals surface area contributed by atoms with E-state index in [4.69, 9.17) is 12.2 Å². The molecule has 14 heavy (non-hydrogen) atoms. The zero-order chi connectivity index (χ0) is 9.87. The lowest BCUT2D eigenvalue weighted by Crippen LogP contribution is -2.00. The number of hydrogen-bond donors (Lipinski definition) is 1. The summed E-state index contributed by atoms with van der Waals surface area (Å²) >= 11 is 5.31. The van der Waals surface area contributed by atoms with Crippen molar-refractivity contribution in [2.24, 2.45) is 7.05 Å². The SMILES string of the molecule is Cc1nn(C)c2c1[nH]c(=S)n2C1CC1. The van der Waals surface area contributed by atoms with E-state index in [0.29, 0.717) is 6.04 Å². The number of hydrogen-bond acceptors (Lipinski definition) is 2. The van der Waals surface area contributed by atoms with Crippen molar-refractivity contribution in [3.63, 3.8) is 0 Å². The Morgan fingerprint density at radius 2 is 2.21 bits per heavy atom. The molecule has 0 radical (unpaired) electrons. The van der Waals surface area contributed by atoms with Crippen LogP contribution in [-0.4, -0.2) is 19.3 Å². The average molecular weight is 208 g/mol. The molecular weight excluding hydrogens is 196 g/mol. The van der Waals surface area contributed by atoms with Gasteiger partial charge >= 0.3 is 0 Å². The molecular formula is C9H12N4S. The smallest absolute Gasteiger partial charge is 0.179 e. The molecule has 1 fully saturated rings. The monoisotopic (exact) mass is 208 g/mol. The van der Waals surface area contributed by atoms with E-state index >= 15 is 0 Å². The minimum absolute atomic E-state index is 0.603. The first-order chi connectivity index (χ1) is 6.68. The second-order valence-electron chi connectivity index (χ2n) is 3.94. The van der Waals surface area contributed by atoms with Gasteiger partial charge in [-0.05, 0) is 32.0 Å². The third-order valence-corrected chi connectivity index (χ3v) is 3.08. The van der Waals surface area contributed by atoms with Gasteiger partial charge < -0.3 is 4.98 Å². The summed E-state index contributed by atoms with van der Waals surface area (Å²) in [4.78, 5) is 3.23. The van der Waals surface area contributed by atoms with Crippen molar-refractivity contribution in [2.45, 2.75) is 25.8 Å². The van der Waals surface area contributed by atoms with Gasteiger partial charge in [-0.15, -0.1) is 0 Å². The van der Waals surface area contributed by atoms with Crippen LogP contribution in [0.4, 0.5) is 0 Å². The highest BCUT2D eigenvalue weighted by Crippen LogP contribution is 2.37. The molecule has 0 amide bonds. The third-order valence-electron chi connectivity index (χ3n) is 2.78. The molecule has 2 aromatic heterocycles. The van der Waals surface area contributed by atoms with Gasteiger partial charge in [0.15, 0.2) is 10.4 Å². The minimum Gasteiger partial charge on any atom is -0.328 e. The zero-order valence-electron chi connectivity index (χ0n) is 8.24. The molecule has 3 rings (SSSR count). The van der Waals surface area contributed by atoms with Gasteiger partial charge in [-0.2, -0.15) is 5.10 Å². The Hall–Kier alpha value is -1.10. The lowest BCUT2D eigenvalue weighted by molar-refractivity contribution is 0.688.